The molecule has 0 spiro atoms. The van der Waals surface area contributed by atoms with Crippen LogP contribution < -0.4 is 11.5 Å². The first kappa shape index (κ1) is 24.8. The van der Waals surface area contributed by atoms with Crippen molar-refractivity contribution in [3.63, 3.8) is 0 Å². The molecule has 0 bridgehead atoms. The molecule has 1 heterocycles. The lowest BCUT2D eigenvalue weighted by atomic mass is 9.80. The first-order valence-electron chi connectivity index (χ1n) is 10.6. The monoisotopic (exact) mass is 440 g/mol. The van der Waals surface area contributed by atoms with Crippen molar-refractivity contribution in [2.24, 2.45) is 16.9 Å². The minimum absolute atomic E-state index is 0.165. The summed E-state index contributed by atoms with van der Waals surface area (Å²) in [6, 6.07) is 7.05. The number of hydrogen-bond acceptors (Lipinski definition) is 5. The Hall–Kier alpha value is -3.42. The van der Waals surface area contributed by atoms with E-state index < -0.39 is 35.1 Å². The van der Waals surface area contributed by atoms with Gasteiger partial charge in [0.2, 0.25) is 5.91 Å². The number of imide groups is 1. The van der Waals surface area contributed by atoms with Crippen molar-refractivity contribution < 1.29 is 19.2 Å². The van der Waals surface area contributed by atoms with Crippen LogP contribution in [0.25, 0.3) is 0 Å². The Morgan fingerprint density at radius 3 is 2.22 bits per heavy atom. The Labute approximate surface area is 188 Å². The van der Waals surface area contributed by atoms with E-state index in [1.165, 1.54) is 4.90 Å². The standard InChI is InChI=1S/C19H23N3O4.C5H9N/c1-19(9-5-6-10-19)16(24)15(17(20)25)22-14(23)12-21(18(22)26)11-13-7-3-2-4-8-13;1-3-4-5(2)6/h2-4,7-8,15H,5-6,9-12H2,1H3,(H2,20,25);3-4H,1,6H2,2H3/b;5-4+. The number of Topliss-reactive ketones (excluding diaryl/α,β-unsaturated/α-hetero) is 1. The maximum Gasteiger partial charge on any atom is 0.328 e. The van der Waals surface area contributed by atoms with Crippen molar-refractivity contribution in [2.45, 2.75) is 52.1 Å². The van der Waals surface area contributed by atoms with E-state index in [-0.39, 0.29) is 13.1 Å². The van der Waals surface area contributed by atoms with Crippen molar-refractivity contribution in [2.75, 3.05) is 6.54 Å². The van der Waals surface area contributed by atoms with Gasteiger partial charge in [0, 0.05) is 17.7 Å². The van der Waals surface area contributed by atoms with E-state index in [0.717, 1.165) is 29.0 Å². The third-order valence-corrected chi connectivity index (χ3v) is 5.75. The largest absolute Gasteiger partial charge is 0.402 e. The quantitative estimate of drug-likeness (QED) is 0.383. The van der Waals surface area contributed by atoms with Crippen LogP contribution in [0.4, 0.5) is 4.79 Å². The number of carbonyl (C=O) groups excluding carboxylic acids is 4. The van der Waals surface area contributed by atoms with Crippen LogP contribution in [0.3, 0.4) is 0 Å². The Balaban J connectivity index is 0.000000534. The molecule has 1 saturated carbocycles. The lowest BCUT2D eigenvalue weighted by Crippen LogP contribution is -2.56. The number of benzene rings is 1. The molecule has 0 aromatic heterocycles. The molecular weight excluding hydrogens is 408 g/mol. The van der Waals surface area contributed by atoms with Gasteiger partial charge in [-0.3, -0.25) is 14.4 Å². The van der Waals surface area contributed by atoms with Crippen LogP contribution in [0.5, 0.6) is 0 Å². The predicted molar refractivity (Wildman–Crippen MR) is 122 cm³/mol. The van der Waals surface area contributed by atoms with E-state index in [9.17, 15) is 19.2 Å². The van der Waals surface area contributed by atoms with E-state index in [2.05, 4.69) is 6.58 Å². The Morgan fingerprint density at radius 2 is 1.75 bits per heavy atom. The summed E-state index contributed by atoms with van der Waals surface area (Å²) in [5.74, 6) is -1.94. The maximum atomic E-state index is 13.0. The van der Waals surface area contributed by atoms with Gasteiger partial charge in [-0.2, -0.15) is 0 Å². The zero-order chi connectivity index (χ0) is 23.9. The summed E-state index contributed by atoms with van der Waals surface area (Å²) >= 11 is 0. The SMILES string of the molecule is C=C/C=C(\C)N.CC1(C(=O)C(C(N)=O)N2C(=O)CN(Cc3ccccc3)C2=O)CCCC1. The summed E-state index contributed by atoms with van der Waals surface area (Å²) in [6.45, 7) is 7.12. The molecule has 1 atom stereocenters. The van der Waals surface area contributed by atoms with Gasteiger partial charge < -0.3 is 16.4 Å². The fourth-order valence-electron chi connectivity index (χ4n) is 4.04. The van der Waals surface area contributed by atoms with Crippen LogP contribution in [0.2, 0.25) is 0 Å². The molecule has 8 heteroatoms. The summed E-state index contributed by atoms with van der Waals surface area (Å²) < 4.78 is 0. The van der Waals surface area contributed by atoms with Crippen molar-refractivity contribution in [3.8, 4) is 0 Å². The Morgan fingerprint density at radius 1 is 1.16 bits per heavy atom. The van der Waals surface area contributed by atoms with Crippen LogP contribution in [0, 0.1) is 5.41 Å². The molecule has 3 rings (SSSR count). The van der Waals surface area contributed by atoms with Gasteiger partial charge in [0.1, 0.15) is 6.54 Å². The van der Waals surface area contributed by atoms with Crippen LogP contribution in [-0.4, -0.2) is 46.0 Å². The van der Waals surface area contributed by atoms with Crippen molar-refractivity contribution in [1.29, 1.82) is 0 Å². The molecule has 172 valence electrons. The van der Waals surface area contributed by atoms with E-state index in [4.69, 9.17) is 11.5 Å². The fraction of sp³-hybridized carbons (Fsp3) is 0.417. The number of hydrogen-bond donors (Lipinski definition) is 2. The first-order valence-corrected chi connectivity index (χ1v) is 10.6. The summed E-state index contributed by atoms with van der Waals surface area (Å²) in [5, 5.41) is 0. The number of nitrogens with two attached hydrogens (primary N) is 2. The highest BCUT2D eigenvalue weighted by Gasteiger charge is 2.51. The maximum absolute atomic E-state index is 13.0. The summed E-state index contributed by atoms with van der Waals surface area (Å²) in [7, 11) is 0. The van der Waals surface area contributed by atoms with Gasteiger partial charge in [-0.05, 0) is 31.4 Å². The number of primary amides is 1. The number of nitrogens with zero attached hydrogens (tertiary/aromatic N) is 2. The second-order valence-corrected chi connectivity index (χ2v) is 8.47. The van der Waals surface area contributed by atoms with Gasteiger partial charge in [-0.1, -0.05) is 62.8 Å². The molecule has 4 N–H and O–H groups in total. The van der Waals surface area contributed by atoms with Gasteiger partial charge in [0.25, 0.3) is 5.91 Å². The highest BCUT2D eigenvalue weighted by molar-refractivity contribution is 6.15. The van der Waals surface area contributed by atoms with Gasteiger partial charge in [-0.15, -0.1) is 0 Å². The fourth-order valence-corrected chi connectivity index (χ4v) is 4.04. The predicted octanol–water partition coefficient (Wildman–Crippen LogP) is 2.49. The Bertz CT molecular complexity index is 900. The number of allylic oxidation sites excluding steroid dienone is 3. The van der Waals surface area contributed by atoms with Gasteiger partial charge in [0.15, 0.2) is 11.8 Å². The Kier molecular flexibility index (Phi) is 8.34. The summed E-state index contributed by atoms with van der Waals surface area (Å²) in [4.78, 5) is 52.3. The molecule has 32 heavy (non-hydrogen) atoms. The number of urea groups is 1. The average Bonchev–Trinajstić information content (AvgIpc) is 3.29. The molecule has 2 aliphatic rings. The lowest BCUT2D eigenvalue weighted by molar-refractivity contribution is -0.144. The van der Waals surface area contributed by atoms with Crippen LogP contribution >= 0.6 is 0 Å². The molecule has 8 nitrogen and oxygen atoms in total. The highest BCUT2D eigenvalue weighted by Crippen LogP contribution is 2.40. The molecule has 4 amide bonds. The number of ketones is 1. The van der Waals surface area contributed by atoms with Crippen molar-refractivity contribution in [3.05, 3.63) is 60.3 Å². The number of carbonyl (C=O) groups is 4. The molecule has 2 fully saturated rings. The molecule has 1 saturated heterocycles. The molecule has 0 radical (unpaired) electrons. The van der Waals surface area contributed by atoms with Gasteiger partial charge >= 0.3 is 6.03 Å². The summed E-state index contributed by atoms with van der Waals surface area (Å²) in [6.07, 6.45) is 6.46. The molecular formula is C24H32N4O4. The lowest BCUT2D eigenvalue weighted by Gasteiger charge is -2.30. The number of rotatable bonds is 7. The molecule has 1 aromatic rings. The molecule has 1 aromatic carbocycles. The third-order valence-electron chi connectivity index (χ3n) is 5.75. The van der Waals surface area contributed by atoms with E-state index in [1.54, 1.807) is 19.1 Å². The van der Waals surface area contributed by atoms with E-state index in [0.29, 0.717) is 12.8 Å². The average molecular weight is 441 g/mol. The van der Waals surface area contributed by atoms with Crippen molar-refractivity contribution >= 4 is 23.6 Å². The molecule has 1 aliphatic heterocycles. The highest BCUT2D eigenvalue weighted by atomic mass is 16.2. The van der Waals surface area contributed by atoms with E-state index in [1.807, 2.05) is 37.3 Å². The molecule has 1 aliphatic carbocycles. The van der Waals surface area contributed by atoms with Crippen LogP contribution in [0.1, 0.15) is 45.1 Å². The van der Waals surface area contributed by atoms with Gasteiger partial charge in [-0.25, -0.2) is 9.69 Å². The smallest absolute Gasteiger partial charge is 0.328 e. The summed E-state index contributed by atoms with van der Waals surface area (Å²) in [5.41, 5.74) is 11.6. The zero-order valence-corrected chi connectivity index (χ0v) is 18.8. The van der Waals surface area contributed by atoms with Crippen molar-refractivity contribution in [1.82, 2.24) is 9.80 Å². The molecule has 1 unspecified atom stereocenters. The van der Waals surface area contributed by atoms with Gasteiger partial charge in [0.05, 0.1) is 0 Å². The third kappa shape index (κ3) is 5.84. The van der Waals surface area contributed by atoms with Crippen LogP contribution in [-0.2, 0) is 20.9 Å². The second kappa shape index (κ2) is 10.7. The first-order chi connectivity index (χ1) is 15.1. The minimum atomic E-state index is -1.53. The van der Waals surface area contributed by atoms with E-state index >= 15 is 0 Å². The topological polar surface area (TPSA) is 127 Å². The minimum Gasteiger partial charge on any atom is -0.402 e. The normalized spacial score (nSPS) is 18.8. The second-order valence-electron chi connectivity index (χ2n) is 8.47. The zero-order valence-electron chi connectivity index (χ0n) is 18.8. The number of amides is 4. The van der Waals surface area contributed by atoms with Crippen LogP contribution in [0.15, 0.2) is 54.8 Å².